The minimum atomic E-state index is -0.398. The number of fused-ring (bicyclic) bond motifs is 1. The lowest BCUT2D eigenvalue weighted by molar-refractivity contribution is -0.384. The number of piperidine rings is 1. The van der Waals surface area contributed by atoms with Crippen LogP contribution in [0.2, 0.25) is 0 Å². The first-order chi connectivity index (χ1) is 13.5. The van der Waals surface area contributed by atoms with Crippen LogP contribution in [0.4, 0.5) is 11.5 Å². The molecule has 4 rings (SSSR count). The van der Waals surface area contributed by atoms with Crippen LogP contribution in [0.3, 0.4) is 0 Å². The standard InChI is InChI=1S/C21H23N5O2.ClH/c1-24-13-11-16(12-14-24)25(2)21-18-5-3-4-6-19(18)22-20(23-21)15-7-9-17(10-8-15)26(27)28;/h3-10,16H,11-14H2,1-2H3;1H/p-1. The van der Waals surface area contributed by atoms with Crippen molar-refractivity contribution in [3.8, 4) is 11.4 Å². The summed E-state index contributed by atoms with van der Waals surface area (Å²) in [4.78, 5) is 24.7. The van der Waals surface area contributed by atoms with Crippen molar-refractivity contribution in [3.63, 3.8) is 0 Å². The number of halogens is 1. The first kappa shape index (κ1) is 21.0. The van der Waals surface area contributed by atoms with Gasteiger partial charge < -0.3 is 22.2 Å². The van der Waals surface area contributed by atoms with E-state index in [0.29, 0.717) is 11.9 Å². The van der Waals surface area contributed by atoms with Crippen LogP contribution in [0, 0.1) is 10.1 Å². The van der Waals surface area contributed by atoms with Crippen LogP contribution >= 0.6 is 0 Å². The van der Waals surface area contributed by atoms with E-state index in [0.717, 1.165) is 48.2 Å². The fourth-order valence-electron chi connectivity index (χ4n) is 3.75. The Kier molecular flexibility index (Phi) is 6.30. The lowest BCUT2D eigenvalue weighted by Gasteiger charge is -2.36. The van der Waals surface area contributed by atoms with E-state index in [-0.39, 0.29) is 18.1 Å². The minimum absolute atomic E-state index is 0. The molecule has 1 saturated heterocycles. The van der Waals surface area contributed by atoms with Crippen LogP contribution in [-0.2, 0) is 0 Å². The Labute approximate surface area is 175 Å². The largest absolute Gasteiger partial charge is 1.00 e. The van der Waals surface area contributed by atoms with E-state index in [1.165, 1.54) is 12.1 Å². The van der Waals surface area contributed by atoms with Gasteiger partial charge in [0.2, 0.25) is 0 Å². The second-order valence-corrected chi connectivity index (χ2v) is 7.34. The summed E-state index contributed by atoms with van der Waals surface area (Å²) in [6, 6.07) is 14.8. The molecule has 0 spiro atoms. The number of hydrogen-bond acceptors (Lipinski definition) is 6. The molecule has 8 heteroatoms. The molecule has 0 bridgehead atoms. The number of aromatic nitrogens is 2. The highest BCUT2D eigenvalue weighted by Crippen LogP contribution is 2.30. The summed E-state index contributed by atoms with van der Waals surface area (Å²) in [7, 11) is 4.26. The quantitative estimate of drug-likeness (QED) is 0.465. The predicted octanol–water partition coefficient (Wildman–Crippen LogP) is 0.739. The highest BCUT2D eigenvalue weighted by Gasteiger charge is 2.23. The monoisotopic (exact) mass is 412 g/mol. The van der Waals surface area contributed by atoms with E-state index in [9.17, 15) is 10.1 Å². The molecule has 0 aliphatic carbocycles. The highest BCUT2D eigenvalue weighted by atomic mass is 35.5. The predicted molar refractivity (Wildman–Crippen MR) is 111 cm³/mol. The zero-order valence-corrected chi connectivity index (χ0v) is 17.2. The van der Waals surface area contributed by atoms with E-state index in [1.807, 2.05) is 18.2 Å². The van der Waals surface area contributed by atoms with Gasteiger partial charge >= 0.3 is 0 Å². The fourth-order valence-corrected chi connectivity index (χ4v) is 3.75. The second kappa shape index (κ2) is 8.71. The van der Waals surface area contributed by atoms with Crippen molar-refractivity contribution < 1.29 is 17.3 Å². The van der Waals surface area contributed by atoms with Gasteiger partial charge in [-0.2, -0.15) is 0 Å². The summed E-state index contributed by atoms with van der Waals surface area (Å²) in [6.07, 6.45) is 2.19. The van der Waals surface area contributed by atoms with Crippen molar-refractivity contribution >= 4 is 22.4 Å². The number of hydrogen-bond donors (Lipinski definition) is 0. The van der Waals surface area contributed by atoms with Gasteiger partial charge in [-0.25, -0.2) is 9.97 Å². The highest BCUT2D eigenvalue weighted by molar-refractivity contribution is 5.91. The maximum absolute atomic E-state index is 10.9. The molecule has 1 aromatic heterocycles. The molecule has 0 atom stereocenters. The van der Waals surface area contributed by atoms with E-state index in [4.69, 9.17) is 9.97 Å². The van der Waals surface area contributed by atoms with Crippen molar-refractivity contribution in [1.29, 1.82) is 0 Å². The molecule has 0 amide bonds. The molecule has 0 unspecified atom stereocenters. The average molecular weight is 413 g/mol. The minimum Gasteiger partial charge on any atom is -1.00 e. The number of benzene rings is 2. The van der Waals surface area contributed by atoms with Crippen LogP contribution in [0.25, 0.3) is 22.3 Å². The Morgan fingerprint density at radius 1 is 1.07 bits per heavy atom. The third kappa shape index (κ3) is 4.31. The zero-order valence-electron chi connectivity index (χ0n) is 16.5. The molecule has 152 valence electrons. The maximum Gasteiger partial charge on any atom is 0.269 e. The third-order valence-corrected chi connectivity index (χ3v) is 5.49. The topological polar surface area (TPSA) is 75.4 Å². The number of nitro benzene ring substituents is 1. The Morgan fingerprint density at radius 2 is 1.72 bits per heavy atom. The Morgan fingerprint density at radius 3 is 2.38 bits per heavy atom. The van der Waals surface area contributed by atoms with Crippen LogP contribution in [0.5, 0.6) is 0 Å². The molecule has 2 heterocycles. The summed E-state index contributed by atoms with van der Waals surface area (Å²) >= 11 is 0. The smallest absolute Gasteiger partial charge is 0.269 e. The summed E-state index contributed by atoms with van der Waals surface area (Å²) < 4.78 is 0. The van der Waals surface area contributed by atoms with Crippen LogP contribution in [0.1, 0.15) is 12.8 Å². The fraction of sp³-hybridized carbons (Fsp3) is 0.333. The Bertz CT molecular complexity index is 1000. The van der Waals surface area contributed by atoms with Crippen molar-refractivity contribution in [2.24, 2.45) is 0 Å². The number of likely N-dealkylation sites (tertiary alicyclic amines) is 1. The molecular weight excluding hydrogens is 390 g/mol. The van der Waals surface area contributed by atoms with Crippen LogP contribution < -0.4 is 17.3 Å². The van der Waals surface area contributed by atoms with E-state index >= 15 is 0 Å². The second-order valence-electron chi connectivity index (χ2n) is 7.34. The molecule has 0 radical (unpaired) electrons. The molecule has 29 heavy (non-hydrogen) atoms. The summed E-state index contributed by atoms with van der Waals surface area (Å²) in [6.45, 7) is 2.15. The number of non-ortho nitro benzene ring substituents is 1. The third-order valence-electron chi connectivity index (χ3n) is 5.49. The van der Waals surface area contributed by atoms with E-state index in [2.05, 4.69) is 30.0 Å². The molecule has 1 fully saturated rings. The maximum atomic E-state index is 10.9. The van der Waals surface area contributed by atoms with Crippen molar-refractivity contribution in [1.82, 2.24) is 14.9 Å². The molecule has 1 aliphatic heterocycles. The van der Waals surface area contributed by atoms with Gasteiger partial charge in [-0.3, -0.25) is 10.1 Å². The van der Waals surface area contributed by atoms with Gasteiger partial charge in [-0.1, -0.05) is 12.1 Å². The number of nitro groups is 1. The number of para-hydroxylation sites is 1. The average Bonchev–Trinajstić information content (AvgIpc) is 2.73. The summed E-state index contributed by atoms with van der Waals surface area (Å²) in [5, 5.41) is 12.0. The molecule has 0 saturated carbocycles. The first-order valence-corrected chi connectivity index (χ1v) is 9.46. The molecular formula is C21H23ClN5O2-. The Balaban J connectivity index is 0.00000240. The van der Waals surface area contributed by atoms with Gasteiger partial charge in [0.25, 0.3) is 5.69 Å². The molecule has 1 aliphatic rings. The SMILES string of the molecule is CN1CCC(N(C)c2nc(-c3ccc([N+](=O)[O-])cc3)nc3ccccc23)CC1.[Cl-]. The normalized spacial score (nSPS) is 15.1. The number of nitrogens with zero attached hydrogens (tertiary/aromatic N) is 5. The summed E-state index contributed by atoms with van der Waals surface area (Å²) in [5.41, 5.74) is 1.71. The van der Waals surface area contributed by atoms with Gasteiger partial charge in [0.1, 0.15) is 5.82 Å². The van der Waals surface area contributed by atoms with Gasteiger partial charge in [-0.05, 0) is 57.2 Å². The van der Waals surface area contributed by atoms with Gasteiger partial charge in [0, 0.05) is 36.2 Å². The number of anilines is 1. The lowest BCUT2D eigenvalue weighted by Crippen LogP contribution is -3.00. The molecule has 2 aromatic carbocycles. The van der Waals surface area contributed by atoms with E-state index in [1.54, 1.807) is 12.1 Å². The van der Waals surface area contributed by atoms with Gasteiger partial charge in [0.15, 0.2) is 5.82 Å². The van der Waals surface area contributed by atoms with Crippen LogP contribution in [-0.4, -0.2) is 53.0 Å². The molecule has 7 nitrogen and oxygen atoms in total. The molecule has 3 aromatic rings. The number of rotatable bonds is 4. The van der Waals surface area contributed by atoms with Crippen LogP contribution in [0.15, 0.2) is 48.5 Å². The van der Waals surface area contributed by atoms with Gasteiger partial charge in [0.05, 0.1) is 10.4 Å². The first-order valence-electron chi connectivity index (χ1n) is 9.46. The van der Waals surface area contributed by atoms with Gasteiger partial charge in [-0.15, -0.1) is 0 Å². The van der Waals surface area contributed by atoms with E-state index < -0.39 is 4.92 Å². The lowest BCUT2D eigenvalue weighted by atomic mass is 10.0. The van der Waals surface area contributed by atoms with Crippen molar-refractivity contribution in [2.45, 2.75) is 18.9 Å². The summed E-state index contributed by atoms with van der Waals surface area (Å²) in [5.74, 6) is 1.50. The Hall–Kier alpha value is -2.77. The zero-order chi connectivity index (χ0) is 19.7. The van der Waals surface area contributed by atoms with Crippen molar-refractivity contribution in [3.05, 3.63) is 58.6 Å². The molecule has 0 N–H and O–H groups in total. The van der Waals surface area contributed by atoms with Crippen molar-refractivity contribution in [2.75, 3.05) is 32.1 Å².